The highest BCUT2D eigenvalue weighted by Gasteiger charge is 2.49. The Morgan fingerprint density at radius 3 is 2.44 bits per heavy atom. The second-order valence-electron chi connectivity index (χ2n) is 5.84. The molecule has 7 heteroatoms. The van der Waals surface area contributed by atoms with Crippen LogP contribution in [-0.2, 0) is 15.1 Å². The summed E-state index contributed by atoms with van der Waals surface area (Å²) in [5, 5.41) is 5.36. The van der Waals surface area contributed by atoms with Crippen molar-refractivity contribution in [2.45, 2.75) is 12.5 Å². The van der Waals surface area contributed by atoms with Crippen molar-refractivity contribution >= 4 is 39.5 Å². The zero-order valence-electron chi connectivity index (χ0n) is 13.5. The normalized spacial score (nSPS) is 19.7. The van der Waals surface area contributed by atoms with E-state index in [1.165, 1.54) is 0 Å². The molecule has 25 heavy (non-hydrogen) atoms. The summed E-state index contributed by atoms with van der Waals surface area (Å²) in [5.74, 6) is -0.904. The minimum absolute atomic E-state index is 0.353. The summed E-state index contributed by atoms with van der Waals surface area (Å²) < 4.78 is 0.717. The average Bonchev–Trinajstić information content (AvgIpc) is 2.82. The lowest BCUT2D eigenvalue weighted by atomic mass is 9.92. The van der Waals surface area contributed by atoms with Gasteiger partial charge in [0.2, 0.25) is 5.91 Å². The topological polar surface area (TPSA) is 78.5 Å². The Morgan fingerprint density at radius 1 is 1.12 bits per heavy atom. The highest BCUT2D eigenvalue weighted by atomic mass is 79.9. The third kappa shape index (κ3) is 3.28. The van der Waals surface area contributed by atoms with Crippen LogP contribution in [0.1, 0.15) is 12.5 Å². The first-order valence-electron chi connectivity index (χ1n) is 7.66. The maximum Gasteiger partial charge on any atom is 0.325 e. The molecule has 0 bridgehead atoms. The van der Waals surface area contributed by atoms with Crippen molar-refractivity contribution in [3.8, 4) is 0 Å². The number of hydrogen-bond acceptors (Lipinski definition) is 3. The molecule has 0 radical (unpaired) electrons. The summed E-state index contributed by atoms with van der Waals surface area (Å²) in [6, 6.07) is 15.5. The SMILES string of the molecule is C[C@]1(c2ccccc2)NC(=O)N(CC(=O)Nc2ccccc2Br)C1=O. The Hall–Kier alpha value is -2.67. The molecule has 1 aliphatic rings. The van der Waals surface area contributed by atoms with Gasteiger partial charge in [0.15, 0.2) is 0 Å². The first-order valence-corrected chi connectivity index (χ1v) is 8.45. The lowest BCUT2D eigenvalue weighted by molar-refractivity contribution is -0.133. The van der Waals surface area contributed by atoms with Crippen LogP contribution in [0.2, 0.25) is 0 Å². The maximum atomic E-state index is 12.7. The number of imide groups is 1. The number of amides is 4. The van der Waals surface area contributed by atoms with Crippen molar-refractivity contribution in [3.05, 3.63) is 64.6 Å². The highest BCUT2D eigenvalue weighted by Crippen LogP contribution is 2.28. The lowest BCUT2D eigenvalue weighted by Crippen LogP contribution is -2.42. The van der Waals surface area contributed by atoms with Crippen LogP contribution in [0, 0.1) is 0 Å². The van der Waals surface area contributed by atoms with Crippen LogP contribution >= 0.6 is 15.9 Å². The van der Waals surface area contributed by atoms with E-state index in [0.717, 1.165) is 9.37 Å². The molecule has 0 unspecified atom stereocenters. The first kappa shape index (κ1) is 17.2. The van der Waals surface area contributed by atoms with Gasteiger partial charge < -0.3 is 10.6 Å². The largest absolute Gasteiger partial charge is 0.325 e. The number of carbonyl (C=O) groups is 3. The zero-order chi connectivity index (χ0) is 18.0. The molecule has 2 aromatic rings. The Labute approximate surface area is 153 Å². The van der Waals surface area contributed by atoms with E-state index in [9.17, 15) is 14.4 Å². The van der Waals surface area contributed by atoms with E-state index < -0.39 is 23.4 Å². The predicted molar refractivity (Wildman–Crippen MR) is 96.8 cm³/mol. The van der Waals surface area contributed by atoms with Crippen molar-refractivity contribution in [3.63, 3.8) is 0 Å². The molecule has 1 fully saturated rings. The van der Waals surface area contributed by atoms with Crippen molar-refractivity contribution < 1.29 is 14.4 Å². The summed E-state index contributed by atoms with van der Waals surface area (Å²) in [6.07, 6.45) is 0. The standard InChI is InChI=1S/C18H16BrN3O3/c1-18(12-7-3-2-4-8-12)16(24)22(17(25)21-18)11-15(23)20-14-10-6-5-9-13(14)19/h2-10H,11H2,1H3,(H,20,23)(H,21,25)/t18-/m1/s1. The summed E-state index contributed by atoms with van der Waals surface area (Å²) in [5.41, 5.74) is 0.0683. The second kappa shape index (κ2) is 6.68. The number of benzene rings is 2. The van der Waals surface area contributed by atoms with Gasteiger partial charge in [-0.15, -0.1) is 0 Å². The lowest BCUT2D eigenvalue weighted by Gasteiger charge is -2.22. The number of carbonyl (C=O) groups excluding carboxylic acids is 3. The number of rotatable bonds is 4. The number of urea groups is 1. The third-order valence-corrected chi connectivity index (χ3v) is 4.77. The molecule has 128 valence electrons. The van der Waals surface area contributed by atoms with Gasteiger partial charge in [-0.2, -0.15) is 0 Å². The molecule has 1 atom stereocenters. The van der Waals surface area contributed by atoms with Crippen molar-refractivity contribution in [1.82, 2.24) is 10.2 Å². The van der Waals surface area contributed by atoms with Crippen LogP contribution in [0.15, 0.2) is 59.1 Å². The van der Waals surface area contributed by atoms with Gasteiger partial charge in [-0.05, 0) is 40.5 Å². The minimum atomic E-state index is -1.17. The van der Waals surface area contributed by atoms with Crippen molar-refractivity contribution in [2.75, 3.05) is 11.9 Å². The fourth-order valence-electron chi connectivity index (χ4n) is 2.70. The Bertz CT molecular complexity index is 840. The van der Waals surface area contributed by atoms with Crippen LogP contribution in [0.5, 0.6) is 0 Å². The van der Waals surface area contributed by atoms with E-state index in [-0.39, 0.29) is 6.54 Å². The van der Waals surface area contributed by atoms with Crippen molar-refractivity contribution in [1.29, 1.82) is 0 Å². The second-order valence-corrected chi connectivity index (χ2v) is 6.69. The van der Waals surface area contributed by atoms with Gasteiger partial charge in [0.05, 0.1) is 5.69 Å². The van der Waals surface area contributed by atoms with E-state index >= 15 is 0 Å². The van der Waals surface area contributed by atoms with E-state index in [2.05, 4.69) is 26.6 Å². The van der Waals surface area contributed by atoms with Crippen LogP contribution in [0.25, 0.3) is 0 Å². The molecule has 0 spiro atoms. The summed E-state index contributed by atoms with van der Waals surface area (Å²) in [7, 11) is 0. The number of anilines is 1. The van der Waals surface area contributed by atoms with E-state index in [1.807, 2.05) is 12.1 Å². The molecule has 2 N–H and O–H groups in total. The molecule has 0 saturated carbocycles. The van der Waals surface area contributed by atoms with Gasteiger partial charge in [-0.3, -0.25) is 14.5 Å². The van der Waals surface area contributed by atoms with Gasteiger partial charge in [-0.25, -0.2) is 4.79 Å². The fraction of sp³-hybridized carbons (Fsp3) is 0.167. The Kier molecular flexibility index (Phi) is 4.59. The fourth-order valence-corrected chi connectivity index (χ4v) is 3.09. The van der Waals surface area contributed by atoms with E-state index in [4.69, 9.17) is 0 Å². The van der Waals surface area contributed by atoms with Gasteiger partial charge in [0.1, 0.15) is 12.1 Å². The summed E-state index contributed by atoms with van der Waals surface area (Å²) in [4.78, 5) is 38.2. The predicted octanol–water partition coefficient (Wildman–Crippen LogP) is 2.85. The molecule has 0 aliphatic carbocycles. The Morgan fingerprint density at radius 2 is 1.76 bits per heavy atom. The molecule has 3 rings (SSSR count). The quantitative estimate of drug-likeness (QED) is 0.773. The van der Waals surface area contributed by atoms with E-state index in [0.29, 0.717) is 11.3 Å². The number of halogens is 1. The maximum absolute atomic E-state index is 12.7. The summed E-state index contributed by atoms with van der Waals surface area (Å²) in [6.45, 7) is 1.28. The minimum Gasteiger partial charge on any atom is -0.324 e. The third-order valence-electron chi connectivity index (χ3n) is 4.08. The molecule has 0 aromatic heterocycles. The highest BCUT2D eigenvalue weighted by molar-refractivity contribution is 9.10. The monoisotopic (exact) mass is 401 g/mol. The smallest absolute Gasteiger partial charge is 0.324 e. The van der Waals surface area contributed by atoms with E-state index in [1.54, 1.807) is 49.4 Å². The van der Waals surface area contributed by atoms with Gasteiger partial charge in [-0.1, -0.05) is 42.5 Å². The molecule has 1 saturated heterocycles. The zero-order valence-corrected chi connectivity index (χ0v) is 15.0. The number of nitrogens with zero attached hydrogens (tertiary/aromatic N) is 1. The van der Waals surface area contributed by atoms with Crippen LogP contribution < -0.4 is 10.6 Å². The van der Waals surface area contributed by atoms with Crippen molar-refractivity contribution in [2.24, 2.45) is 0 Å². The molecular weight excluding hydrogens is 386 g/mol. The molecular formula is C18H16BrN3O3. The molecule has 6 nitrogen and oxygen atoms in total. The number of para-hydroxylation sites is 1. The van der Waals surface area contributed by atoms with Gasteiger partial charge >= 0.3 is 6.03 Å². The Balaban J connectivity index is 1.75. The van der Waals surface area contributed by atoms with Crippen LogP contribution in [-0.4, -0.2) is 29.3 Å². The molecule has 1 aliphatic heterocycles. The first-order chi connectivity index (χ1) is 11.9. The number of hydrogen-bond donors (Lipinski definition) is 2. The van der Waals surface area contributed by atoms with Crippen LogP contribution in [0.3, 0.4) is 0 Å². The average molecular weight is 402 g/mol. The number of nitrogens with one attached hydrogen (secondary N) is 2. The molecule has 2 aromatic carbocycles. The van der Waals surface area contributed by atoms with Gasteiger partial charge in [0, 0.05) is 4.47 Å². The van der Waals surface area contributed by atoms with Gasteiger partial charge in [0.25, 0.3) is 5.91 Å². The summed E-state index contributed by atoms with van der Waals surface area (Å²) >= 11 is 3.34. The molecule has 4 amide bonds. The molecule has 1 heterocycles. The van der Waals surface area contributed by atoms with Crippen LogP contribution in [0.4, 0.5) is 10.5 Å².